The third-order valence-electron chi connectivity index (χ3n) is 4.09. The normalized spacial score (nSPS) is 21.2. The van der Waals surface area contributed by atoms with Crippen LogP contribution in [0.25, 0.3) is 5.82 Å². The third kappa shape index (κ3) is 4.83. The fourth-order valence-corrected chi connectivity index (χ4v) is 3.09. The van der Waals surface area contributed by atoms with Crippen LogP contribution in [-0.4, -0.2) is 68.9 Å². The predicted octanol–water partition coefficient (Wildman–Crippen LogP) is 0.891. The summed E-state index contributed by atoms with van der Waals surface area (Å²) in [6.45, 7) is 7.69. The van der Waals surface area contributed by atoms with Gasteiger partial charge in [-0.15, -0.1) is 0 Å². The fourth-order valence-electron chi connectivity index (χ4n) is 3.09. The first-order valence-electron chi connectivity index (χ1n) is 8.59. The Hall–Kier alpha value is -2.32. The van der Waals surface area contributed by atoms with Crippen molar-refractivity contribution in [3.05, 3.63) is 36.5 Å². The van der Waals surface area contributed by atoms with Crippen molar-refractivity contribution in [2.45, 2.75) is 32.5 Å². The quantitative estimate of drug-likeness (QED) is 0.784. The van der Waals surface area contributed by atoms with Gasteiger partial charge in [-0.05, 0) is 32.4 Å². The summed E-state index contributed by atoms with van der Waals surface area (Å²) in [6, 6.07) is 3.40. The van der Waals surface area contributed by atoms with E-state index in [0.717, 1.165) is 26.1 Å². The maximum Gasteiger partial charge on any atom is 0.251 e. The summed E-state index contributed by atoms with van der Waals surface area (Å²) in [4.78, 5) is 22.8. The summed E-state index contributed by atoms with van der Waals surface area (Å²) in [6.07, 6.45) is 6.03. The average molecular weight is 344 g/mol. The van der Waals surface area contributed by atoms with Crippen LogP contribution in [0.4, 0.5) is 0 Å². The van der Waals surface area contributed by atoms with Crippen LogP contribution < -0.4 is 5.32 Å². The molecule has 8 heteroatoms. The second-order valence-electron chi connectivity index (χ2n) is 6.37. The molecule has 134 valence electrons. The molecular weight excluding hydrogens is 320 g/mol. The second kappa shape index (κ2) is 8.17. The minimum absolute atomic E-state index is 0.104. The minimum atomic E-state index is -0.104. The van der Waals surface area contributed by atoms with E-state index in [0.29, 0.717) is 17.9 Å². The summed E-state index contributed by atoms with van der Waals surface area (Å²) < 4.78 is 7.26. The van der Waals surface area contributed by atoms with E-state index in [1.165, 1.54) is 11.0 Å². The molecule has 2 aromatic heterocycles. The highest BCUT2D eigenvalue weighted by molar-refractivity contribution is 5.94. The standard InChI is InChI=1S/C17H24N6O2/c1-13-9-22(10-14(2)25-13)7-3-5-20-17(24)15-4-6-19-16(8-15)23-12-18-11-21-23/h4,6,8,11-14H,3,5,7,9-10H2,1-2H3,(H,20,24)/t13-,14-/m1/s1. The Morgan fingerprint density at radius 2 is 2.16 bits per heavy atom. The molecule has 3 heterocycles. The van der Waals surface area contributed by atoms with E-state index in [-0.39, 0.29) is 18.1 Å². The molecule has 3 rings (SSSR count). The average Bonchev–Trinajstić information content (AvgIpc) is 3.12. The lowest BCUT2D eigenvalue weighted by Gasteiger charge is -2.35. The summed E-state index contributed by atoms with van der Waals surface area (Å²) in [5.41, 5.74) is 0.564. The number of ether oxygens (including phenoxy) is 1. The minimum Gasteiger partial charge on any atom is -0.373 e. The molecule has 0 unspecified atom stereocenters. The Morgan fingerprint density at radius 3 is 2.88 bits per heavy atom. The Balaban J connectivity index is 1.46. The lowest BCUT2D eigenvalue weighted by Crippen LogP contribution is -2.46. The van der Waals surface area contributed by atoms with E-state index < -0.39 is 0 Å². The van der Waals surface area contributed by atoms with E-state index >= 15 is 0 Å². The van der Waals surface area contributed by atoms with Crippen molar-refractivity contribution in [1.29, 1.82) is 0 Å². The molecule has 25 heavy (non-hydrogen) atoms. The van der Waals surface area contributed by atoms with E-state index in [9.17, 15) is 4.79 Å². The Labute approximate surface area is 147 Å². The van der Waals surface area contributed by atoms with Crippen LogP contribution in [-0.2, 0) is 4.74 Å². The van der Waals surface area contributed by atoms with Crippen LogP contribution in [0.1, 0.15) is 30.6 Å². The molecule has 1 amide bonds. The smallest absolute Gasteiger partial charge is 0.251 e. The molecule has 1 saturated heterocycles. The van der Waals surface area contributed by atoms with Gasteiger partial charge in [0.05, 0.1) is 12.2 Å². The molecule has 2 aromatic rings. The number of carbonyl (C=O) groups excluding carboxylic acids is 1. The molecule has 1 N–H and O–H groups in total. The van der Waals surface area contributed by atoms with Crippen LogP contribution in [0.5, 0.6) is 0 Å². The van der Waals surface area contributed by atoms with Gasteiger partial charge in [-0.1, -0.05) is 0 Å². The number of amides is 1. The zero-order valence-electron chi connectivity index (χ0n) is 14.6. The Kier molecular flexibility index (Phi) is 5.72. The van der Waals surface area contributed by atoms with Crippen molar-refractivity contribution in [2.75, 3.05) is 26.2 Å². The summed E-state index contributed by atoms with van der Waals surface area (Å²) in [5, 5.41) is 6.99. The molecule has 0 aliphatic carbocycles. The highest BCUT2D eigenvalue weighted by atomic mass is 16.5. The number of hydrogen-bond donors (Lipinski definition) is 1. The number of carbonyl (C=O) groups is 1. The highest BCUT2D eigenvalue weighted by Gasteiger charge is 2.21. The molecule has 0 aromatic carbocycles. The molecule has 1 fully saturated rings. The van der Waals surface area contributed by atoms with Crippen molar-refractivity contribution < 1.29 is 9.53 Å². The van der Waals surface area contributed by atoms with Crippen molar-refractivity contribution >= 4 is 5.91 Å². The summed E-state index contributed by atoms with van der Waals surface area (Å²) in [7, 11) is 0. The monoisotopic (exact) mass is 344 g/mol. The fraction of sp³-hybridized carbons (Fsp3) is 0.529. The molecule has 1 aliphatic rings. The molecule has 0 bridgehead atoms. The van der Waals surface area contributed by atoms with E-state index in [1.807, 2.05) is 0 Å². The van der Waals surface area contributed by atoms with Crippen molar-refractivity contribution in [2.24, 2.45) is 0 Å². The summed E-state index contributed by atoms with van der Waals surface area (Å²) in [5.74, 6) is 0.467. The van der Waals surface area contributed by atoms with Crippen LogP contribution in [0.3, 0.4) is 0 Å². The maximum atomic E-state index is 12.3. The third-order valence-corrected chi connectivity index (χ3v) is 4.09. The van der Waals surface area contributed by atoms with Gasteiger partial charge in [0.15, 0.2) is 5.82 Å². The molecule has 2 atom stereocenters. The highest BCUT2D eigenvalue weighted by Crippen LogP contribution is 2.10. The lowest BCUT2D eigenvalue weighted by molar-refractivity contribution is -0.0679. The van der Waals surface area contributed by atoms with Gasteiger partial charge in [-0.3, -0.25) is 9.69 Å². The largest absolute Gasteiger partial charge is 0.373 e. The van der Waals surface area contributed by atoms with Crippen molar-refractivity contribution in [3.8, 4) is 5.82 Å². The number of aromatic nitrogens is 4. The van der Waals surface area contributed by atoms with Gasteiger partial charge in [0.25, 0.3) is 5.91 Å². The van der Waals surface area contributed by atoms with Gasteiger partial charge in [0.2, 0.25) is 0 Å². The number of nitrogens with zero attached hydrogens (tertiary/aromatic N) is 5. The van der Waals surface area contributed by atoms with Crippen LogP contribution in [0, 0.1) is 0 Å². The molecular formula is C17H24N6O2. The van der Waals surface area contributed by atoms with Gasteiger partial charge >= 0.3 is 0 Å². The van der Waals surface area contributed by atoms with Crippen LogP contribution in [0.15, 0.2) is 31.0 Å². The van der Waals surface area contributed by atoms with Gasteiger partial charge in [0, 0.05) is 37.9 Å². The first-order valence-corrected chi connectivity index (χ1v) is 8.59. The Bertz CT molecular complexity index is 680. The lowest BCUT2D eigenvalue weighted by atomic mass is 10.2. The molecule has 0 saturated carbocycles. The number of nitrogens with one attached hydrogen (secondary N) is 1. The second-order valence-corrected chi connectivity index (χ2v) is 6.37. The predicted molar refractivity (Wildman–Crippen MR) is 92.6 cm³/mol. The van der Waals surface area contributed by atoms with Crippen LogP contribution in [0.2, 0.25) is 0 Å². The van der Waals surface area contributed by atoms with E-state index in [1.54, 1.807) is 24.7 Å². The van der Waals surface area contributed by atoms with Gasteiger partial charge in [0.1, 0.15) is 12.7 Å². The molecule has 1 aliphatic heterocycles. The number of hydrogen-bond acceptors (Lipinski definition) is 6. The van der Waals surface area contributed by atoms with Crippen molar-refractivity contribution in [1.82, 2.24) is 30.0 Å². The first-order chi connectivity index (χ1) is 12.1. The number of pyridine rings is 1. The zero-order chi connectivity index (χ0) is 17.6. The van der Waals surface area contributed by atoms with Crippen molar-refractivity contribution in [3.63, 3.8) is 0 Å². The molecule has 0 spiro atoms. The van der Waals surface area contributed by atoms with Gasteiger partial charge in [-0.2, -0.15) is 5.10 Å². The number of morpholine rings is 1. The van der Waals surface area contributed by atoms with Crippen LogP contribution >= 0.6 is 0 Å². The van der Waals surface area contributed by atoms with Gasteiger partial charge < -0.3 is 10.1 Å². The zero-order valence-corrected chi connectivity index (χ0v) is 14.6. The first kappa shape index (κ1) is 17.5. The SMILES string of the molecule is C[C@@H]1CN(CCCNC(=O)c2ccnc(-n3cncn3)c2)C[C@@H](C)O1. The molecule has 0 radical (unpaired) electrons. The van der Waals surface area contributed by atoms with Gasteiger partial charge in [-0.25, -0.2) is 14.6 Å². The summed E-state index contributed by atoms with van der Waals surface area (Å²) >= 11 is 0. The van der Waals surface area contributed by atoms with E-state index in [2.05, 4.69) is 39.1 Å². The molecule has 8 nitrogen and oxygen atoms in total. The Morgan fingerprint density at radius 1 is 1.36 bits per heavy atom. The number of rotatable bonds is 6. The van der Waals surface area contributed by atoms with E-state index in [4.69, 9.17) is 4.74 Å². The maximum absolute atomic E-state index is 12.3. The topological polar surface area (TPSA) is 85.2 Å².